The van der Waals surface area contributed by atoms with Crippen molar-refractivity contribution in [2.75, 3.05) is 29.5 Å². The minimum atomic E-state index is -2.96. The highest BCUT2D eigenvalue weighted by atomic mass is 32.2. The Kier molecular flexibility index (Phi) is 4.99. The van der Waals surface area contributed by atoms with Gasteiger partial charge >= 0.3 is 6.03 Å². The van der Waals surface area contributed by atoms with Gasteiger partial charge in [-0.25, -0.2) is 13.2 Å². The van der Waals surface area contributed by atoms with Gasteiger partial charge in [-0.3, -0.25) is 0 Å². The SMILES string of the molecule is Cc1cccc(N2CCC(NC(=O)NC3CCS(=O)(=O)C3)CC2)c1. The number of carbonyl (C=O) groups is 1. The fourth-order valence-corrected chi connectivity index (χ4v) is 5.10. The van der Waals surface area contributed by atoms with E-state index >= 15 is 0 Å². The van der Waals surface area contributed by atoms with E-state index in [-0.39, 0.29) is 29.6 Å². The Morgan fingerprint density at radius 1 is 1.12 bits per heavy atom. The molecule has 0 saturated carbocycles. The lowest BCUT2D eigenvalue weighted by molar-refractivity contribution is 0.231. The lowest BCUT2D eigenvalue weighted by atomic mass is 10.0. The van der Waals surface area contributed by atoms with Crippen molar-refractivity contribution in [2.45, 2.75) is 38.3 Å². The lowest BCUT2D eigenvalue weighted by Gasteiger charge is -2.34. The number of carbonyl (C=O) groups excluding carboxylic acids is 1. The number of rotatable bonds is 3. The van der Waals surface area contributed by atoms with E-state index in [9.17, 15) is 13.2 Å². The van der Waals surface area contributed by atoms with Gasteiger partial charge in [0.2, 0.25) is 0 Å². The second-order valence-corrected chi connectivity index (χ2v) is 9.05. The van der Waals surface area contributed by atoms with Crippen molar-refractivity contribution in [1.82, 2.24) is 10.6 Å². The van der Waals surface area contributed by atoms with Gasteiger partial charge < -0.3 is 15.5 Å². The number of amides is 2. The molecule has 2 saturated heterocycles. The molecule has 0 radical (unpaired) electrons. The maximum Gasteiger partial charge on any atom is 0.315 e. The zero-order chi connectivity index (χ0) is 17.2. The highest BCUT2D eigenvalue weighted by molar-refractivity contribution is 7.91. The van der Waals surface area contributed by atoms with Gasteiger partial charge in [0.15, 0.2) is 9.84 Å². The van der Waals surface area contributed by atoms with Crippen molar-refractivity contribution in [1.29, 1.82) is 0 Å². The van der Waals surface area contributed by atoms with E-state index in [1.807, 2.05) is 0 Å². The van der Waals surface area contributed by atoms with Gasteiger partial charge in [0, 0.05) is 30.9 Å². The number of anilines is 1. The van der Waals surface area contributed by atoms with Gasteiger partial charge in [-0.05, 0) is 43.9 Å². The van der Waals surface area contributed by atoms with Gasteiger partial charge in [-0.2, -0.15) is 0 Å². The summed E-state index contributed by atoms with van der Waals surface area (Å²) in [7, 11) is -2.96. The summed E-state index contributed by atoms with van der Waals surface area (Å²) in [5.74, 6) is 0.235. The first-order valence-corrected chi connectivity index (χ1v) is 10.3. The minimum Gasteiger partial charge on any atom is -0.371 e. The molecule has 0 bridgehead atoms. The number of hydrogen-bond acceptors (Lipinski definition) is 4. The van der Waals surface area contributed by atoms with Crippen LogP contribution in [0.15, 0.2) is 24.3 Å². The van der Waals surface area contributed by atoms with Crippen LogP contribution in [0.25, 0.3) is 0 Å². The molecule has 0 aliphatic carbocycles. The summed E-state index contributed by atoms with van der Waals surface area (Å²) >= 11 is 0. The number of benzene rings is 1. The van der Waals surface area contributed by atoms with Crippen LogP contribution in [0.2, 0.25) is 0 Å². The Balaban J connectivity index is 1.44. The summed E-state index contributed by atoms with van der Waals surface area (Å²) in [6.45, 7) is 3.91. The number of piperidine rings is 1. The van der Waals surface area contributed by atoms with Gasteiger partial charge in [0.1, 0.15) is 0 Å². The van der Waals surface area contributed by atoms with Crippen LogP contribution in [0.5, 0.6) is 0 Å². The predicted molar refractivity (Wildman–Crippen MR) is 95.1 cm³/mol. The third kappa shape index (κ3) is 4.41. The van der Waals surface area contributed by atoms with Crippen LogP contribution in [0.3, 0.4) is 0 Å². The molecule has 2 amide bonds. The maximum atomic E-state index is 12.0. The summed E-state index contributed by atoms with van der Waals surface area (Å²) in [6.07, 6.45) is 2.30. The number of aryl methyl sites for hydroxylation is 1. The Labute approximate surface area is 143 Å². The molecule has 2 heterocycles. The van der Waals surface area contributed by atoms with Crippen LogP contribution in [0.4, 0.5) is 10.5 Å². The average molecular weight is 351 g/mol. The largest absolute Gasteiger partial charge is 0.371 e. The molecule has 132 valence electrons. The summed E-state index contributed by atoms with van der Waals surface area (Å²) in [5, 5.41) is 5.77. The molecule has 1 atom stereocenters. The molecule has 2 aliphatic rings. The molecule has 0 spiro atoms. The average Bonchev–Trinajstić information content (AvgIpc) is 2.86. The molecule has 2 aliphatic heterocycles. The van der Waals surface area contributed by atoms with E-state index in [2.05, 4.69) is 46.7 Å². The van der Waals surface area contributed by atoms with E-state index in [1.165, 1.54) is 11.3 Å². The Bertz CT molecular complexity index is 697. The molecule has 1 aromatic rings. The van der Waals surface area contributed by atoms with Crippen molar-refractivity contribution in [2.24, 2.45) is 0 Å². The first kappa shape index (κ1) is 17.1. The fraction of sp³-hybridized carbons (Fsp3) is 0.588. The molecular formula is C17H25N3O3S. The highest BCUT2D eigenvalue weighted by Crippen LogP contribution is 2.21. The topological polar surface area (TPSA) is 78.5 Å². The standard InChI is InChI=1S/C17H25N3O3S/c1-13-3-2-4-16(11-13)20-8-5-14(6-9-20)18-17(21)19-15-7-10-24(22,23)12-15/h2-4,11,14-15H,5-10,12H2,1H3,(H2,18,19,21). The van der Waals surface area contributed by atoms with Gasteiger partial charge in [0.05, 0.1) is 11.5 Å². The predicted octanol–water partition coefficient (Wildman–Crippen LogP) is 1.45. The number of nitrogens with one attached hydrogen (secondary N) is 2. The molecule has 3 rings (SSSR count). The van der Waals surface area contributed by atoms with Crippen LogP contribution < -0.4 is 15.5 Å². The lowest BCUT2D eigenvalue weighted by Crippen LogP contribution is -2.50. The van der Waals surface area contributed by atoms with E-state index in [0.29, 0.717) is 6.42 Å². The normalized spacial score (nSPS) is 23.9. The first-order valence-electron chi connectivity index (χ1n) is 8.50. The molecule has 6 nitrogen and oxygen atoms in total. The van der Waals surface area contributed by atoms with Gasteiger partial charge in [-0.1, -0.05) is 12.1 Å². The third-order valence-electron chi connectivity index (χ3n) is 4.76. The van der Waals surface area contributed by atoms with Crippen LogP contribution in [-0.2, 0) is 9.84 Å². The summed E-state index contributed by atoms with van der Waals surface area (Å²) < 4.78 is 22.9. The van der Waals surface area contributed by atoms with E-state index in [1.54, 1.807) is 0 Å². The highest BCUT2D eigenvalue weighted by Gasteiger charge is 2.29. The van der Waals surface area contributed by atoms with Gasteiger partial charge in [0.25, 0.3) is 0 Å². The van der Waals surface area contributed by atoms with Crippen molar-refractivity contribution in [3.63, 3.8) is 0 Å². The number of hydrogen-bond donors (Lipinski definition) is 2. The molecule has 1 unspecified atom stereocenters. The first-order chi connectivity index (χ1) is 11.4. The molecule has 24 heavy (non-hydrogen) atoms. The van der Waals surface area contributed by atoms with Crippen LogP contribution in [0, 0.1) is 6.92 Å². The minimum absolute atomic E-state index is 0.0617. The Morgan fingerprint density at radius 2 is 1.83 bits per heavy atom. The molecule has 2 N–H and O–H groups in total. The zero-order valence-corrected chi connectivity index (χ0v) is 14.8. The Hall–Kier alpha value is -1.76. The third-order valence-corrected chi connectivity index (χ3v) is 6.53. The molecular weight excluding hydrogens is 326 g/mol. The van der Waals surface area contributed by atoms with Crippen LogP contribution >= 0.6 is 0 Å². The molecule has 1 aromatic carbocycles. The van der Waals surface area contributed by atoms with Crippen molar-refractivity contribution >= 4 is 21.6 Å². The number of urea groups is 1. The molecule has 7 heteroatoms. The van der Waals surface area contributed by atoms with Crippen molar-refractivity contribution in [3.05, 3.63) is 29.8 Å². The zero-order valence-electron chi connectivity index (χ0n) is 14.0. The monoisotopic (exact) mass is 351 g/mol. The Morgan fingerprint density at radius 3 is 2.46 bits per heavy atom. The van der Waals surface area contributed by atoms with Crippen molar-refractivity contribution < 1.29 is 13.2 Å². The van der Waals surface area contributed by atoms with Gasteiger partial charge in [-0.15, -0.1) is 0 Å². The fourth-order valence-electron chi connectivity index (χ4n) is 3.43. The smallest absolute Gasteiger partial charge is 0.315 e. The molecule has 2 fully saturated rings. The quantitative estimate of drug-likeness (QED) is 0.864. The number of sulfone groups is 1. The summed E-state index contributed by atoms with van der Waals surface area (Å²) in [5.41, 5.74) is 2.48. The molecule has 0 aromatic heterocycles. The van der Waals surface area contributed by atoms with Crippen molar-refractivity contribution in [3.8, 4) is 0 Å². The second-order valence-electron chi connectivity index (χ2n) is 6.82. The summed E-state index contributed by atoms with van der Waals surface area (Å²) in [4.78, 5) is 14.4. The second kappa shape index (κ2) is 7.01. The maximum absolute atomic E-state index is 12.0. The van der Waals surface area contributed by atoms with E-state index in [4.69, 9.17) is 0 Å². The van der Waals surface area contributed by atoms with E-state index < -0.39 is 9.84 Å². The van der Waals surface area contributed by atoms with Crippen LogP contribution in [-0.4, -0.2) is 51.1 Å². The van der Waals surface area contributed by atoms with Crippen LogP contribution in [0.1, 0.15) is 24.8 Å². The number of nitrogens with zero attached hydrogens (tertiary/aromatic N) is 1. The van der Waals surface area contributed by atoms with E-state index in [0.717, 1.165) is 25.9 Å². The summed E-state index contributed by atoms with van der Waals surface area (Å²) in [6, 6.07) is 8.11.